The molecule has 0 aliphatic carbocycles. The van der Waals surface area contributed by atoms with Crippen LogP contribution in [0.25, 0.3) is 0 Å². The van der Waals surface area contributed by atoms with Crippen molar-refractivity contribution in [3.05, 3.63) is 24.3 Å². The number of nitrogens with zero attached hydrogens (tertiary/aromatic N) is 2. The Labute approximate surface area is 127 Å². The van der Waals surface area contributed by atoms with Crippen molar-refractivity contribution in [2.75, 3.05) is 52.6 Å². The van der Waals surface area contributed by atoms with Gasteiger partial charge in [0.15, 0.2) is 0 Å². The molecule has 1 fully saturated rings. The minimum atomic E-state index is -3.45. The first-order valence-corrected chi connectivity index (χ1v) is 8.57. The van der Waals surface area contributed by atoms with Crippen molar-refractivity contribution in [1.29, 1.82) is 0 Å². The average Bonchev–Trinajstić information content (AvgIpc) is 2.48. The van der Waals surface area contributed by atoms with E-state index >= 15 is 0 Å². The lowest BCUT2D eigenvalue weighted by atomic mass is 10.2. The molecular weight excluding hydrogens is 288 g/mol. The molecule has 1 aromatic rings. The Morgan fingerprint density at radius 2 is 1.86 bits per heavy atom. The second kappa shape index (κ2) is 6.74. The number of nitrogens with one attached hydrogen (secondary N) is 2. The van der Waals surface area contributed by atoms with Gasteiger partial charge in [0.2, 0.25) is 10.0 Å². The van der Waals surface area contributed by atoms with E-state index in [1.807, 2.05) is 7.05 Å². The van der Waals surface area contributed by atoms with E-state index in [2.05, 4.69) is 26.9 Å². The number of sulfonamides is 1. The van der Waals surface area contributed by atoms with E-state index in [0.717, 1.165) is 25.3 Å². The molecule has 1 aliphatic heterocycles. The smallest absolute Gasteiger partial charge is 0.240 e. The molecule has 0 amide bonds. The zero-order chi connectivity index (χ0) is 15.5. The molecule has 1 atom stereocenters. The number of hydrogen-bond donors (Lipinski definition) is 2. The van der Waals surface area contributed by atoms with Crippen molar-refractivity contribution in [3.8, 4) is 0 Å². The van der Waals surface area contributed by atoms with E-state index < -0.39 is 10.0 Å². The fraction of sp³-hybridized carbons (Fsp3) is 0.571. The maximum atomic E-state index is 12.3. The lowest BCUT2D eigenvalue weighted by molar-refractivity contribution is 0.117. The van der Waals surface area contributed by atoms with Crippen LogP contribution in [0.2, 0.25) is 0 Å². The van der Waals surface area contributed by atoms with Crippen LogP contribution in [0.4, 0.5) is 5.69 Å². The molecule has 2 rings (SSSR count). The van der Waals surface area contributed by atoms with Gasteiger partial charge in [0.05, 0.1) is 4.90 Å². The molecular formula is C14H24N4O2S. The molecule has 118 valence electrons. The van der Waals surface area contributed by atoms with Crippen LogP contribution in [-0.4, -0.2) is 71.6 Å². The number of anilines is 1. The highest BCUT2D eigenvalue weighted by Gasteiger charge is 2.24. The molecule has 0 saturated carbocycles. The zero-order valence-electron chi connectivity index (χ0n) is 12.8. The third-order valence-corrected chi connectivity index (χ3v) is 5.38. The Bertz CT molecular complexity index is 559. The van der Waals surface area contributed by atoms with Crippen LogP contribution in [0.5, 0.6) is 0 Å². The first kappa shape index (κ1) is 16.2. The highest BCUT2D eigenvalue weighted by atomic mass is 32.2. The van der Waals surface area contributed by atoms with E-state index in [1.165, 1.54) is 0 Å². The lowest BCUT2D eigenvalue weighted by Crippen LogP contribution is -2.54. The Balaban J connectivity index is 2.00. The molecule has 1 saturated heterocycles. The normalized spacial score (nSPS) is 21.4. The number of rotatable bonds is 5. The van der Waals surface area contributed by atoms with Gasteiger partial charge in [-0.3, -0.25) is 4.90 Å². The molecule has 1 heterocycles. The van der Waals surface area contributed by atoms with Gasteiger partial charge in [0, 0.05) is 45.0 Å². The summed E-state index contributed by atoms with van der Waals surface area (Å²) in [5.41, 5.74) is 0.891. The first-order valence-electron chi connectivity index (χ1n) is 7.08. The number of benzene rings is 1. The van der Waals surface area contributed by atoms with E-state index in [0.29, 0.717) is 11.4 Å². The molecule has 0 radical (unpaired) electrons. The van der Waals surface area contributed by atoms with E-state index in [1.54, 1.807) is 31.3 Å². The van der Waals surface area contributed by atoms with Gasteiger partial charge in [-0.25, -0.2) is 13.1 Å². The van der Waals surface area contributed by atoms with Gasteiger partial charge in [-0.15, -0.1) is 0 Å². The Kier molecular flexibility index (Phi) is 5.21. The summed E-state index contributed by atoms with van der Waals surface area (Å²) in [7, 11) is 2.45. The second-order valence-corrected chi connectivity index (χ2v) is 7.29. The Morgan fingerprint density at radius 3 is 2.48 bits per heavy atom. The van der Waals surface area contributed by atoms with Crippen molar-refractivity contribution in [2.45, 2.75) is 10.9 Å². The standard InChI is InChI=1S/C14H24N4O2S/c1-15-12-4-6-14(7-5-12)21(19,20)16-10-13-11-17(2)8-9-18(13)3/h4-7,13,15-16H,8-11H2,1-3H3. The topological polar surface area (TPSA) is 64.7 Å². The van der Waals surface area contributed by atoms with Gasteiger partial charge in [0.25, 0.3) is 0 Å². The van der Waals surface area contributed by atoms with E-state index in [-0.39, 0.29) is 6.04 Å². The summed E-state index contributed by atoms with van der Waals surface area (Å²) in [5.74, 6) is 0. The fourth-order valence-corrected chi connectivity index (χ4v) is 3.48. The van der Waals surface area contributed by atoms with Gasteiger partial charge in [-0.05, 0) is 38.4 Å². The van der Waals surface area contributed by atoms with Gasteiger partial charge in [-0.2, -0.15) is 0 Å². The predicted octanol–water partition coefficient (Wildman–Crippen LogP) is 0.252. The highest BCUT2D eigenvalue weighted by Crippen LogP contribution is 2.14. The molecule has 1 aliphatic rings. The lowest BCUT2D eigenvalue weighted by Gasteiger charge is -2.37. The zero-order valence-corrected chi connectivity index (χ0v) is 13.7. The number of hydrogen-bond acceptors (Lipinski definition) is 5. The summed E-state index contributed by atoms with van der Waals surface area (Å²) < 4.78 is 27.3. The summed E-state index contributed by atoms with van der Waals surface area (Å²) in [6.45, 7) is 3.28. The molecule has 0 bridgehead atoms. The molecule has 2 N–H and O–H groups in total. The summed E-state index contributed by atoms with van der Waals surface area (Å²) in [6, 6.07) is 6.95. The Hall–Kier alpha value is -1.15. The number of piperazine rings is 1. The quantitative estimate of drug-likeness (QED) is 0.816. The van der Waals surface area contributed by atoms with Crippen LogP contribution >= 0.6 is 0 Å². The summed E-state index contributed by atoms with van der Waals surface area (Å²) >= 11 is 0. The van der Waals surface area contributed by atoms with Crippen LogP contribution in [0.1, 0.15) is 0 Å². The third-order valence-electron chi connectivity index (χ3n) is 3.94. The van der Waals surface area contributed by atoms with Crippen molar-refractivity contribution < 1.29 is 8.42 Å². The summed E-state index contributed by atoms with van der Waals surface area (Å²) in [6.07, 6.45) is 0. The van der Waals surface area contributed by atoms with Crippen LogP contribution in [-0.2, 0) is 10.0 Å². The molecule has 6 nitrogen and oxygen atoms in total. The van der Waals surface area contributed by atoms with Crippen LogP contribution in [0, 0.1) is 0 Å². The highest BCUT2D eigenvalue weighted by molar-refractivity contribution is 7.89. The fourth-order valence-electron chi connectivity index (χ4n) is 2.41. The molecule has 1 aromatic carbocycles. The van der Waals surface area contributed by atoms with E-state index in [9.17, 15) is 8.42 Å². The van der Waals surface area contributed by atoms with Crippen molar-refractivity contribution in [2.24, 2.45) is 0 Å². The van der Waals surface area contributed by atoms with Crippen LogP contribution in [0.3, 0.4) is 0 Å². The van der Waals surface area contributed by atoms with Gasteiger partial charge in [0.1, 0.15) is 0 Å². The van der Waals surface area contributed by atoms with Gasteiger partial charge >= 0.3 is 0 Å². The van der Waals surface area contributed by atoms with Gasteiger partial charge in [-0.1, -0.05) is 0 Å². The van der Waals surface area contributed by atoms with Crippen LogP contribution in [0.15, 0.2) is 29.2 Å². The maximum absolute atomic E-state index is 12.3. The van der Waals surface area contributed by atoms with Crippen molar-refractivity contribution >= 4 is 15.7 Å². The summed E-state index contributed by atoms with van der Waals surface area (Å²) in [5, 5.41) is 2.97. The third kappa shape index (κ3) is 4.16. The Morgan fingerprint density at radius 1 is 1.19 bits per heavy atom. The maximum Gasteiger partial charge on any atom is 0.240 e. The largest absolute Gasteiger partial charge is 0.388 e. The molecule has 0 spiro atoms. The second-order valence-electron chi connectivity index (χ2n) is 5.52. The van der Waals surface area contributed by atoms with Crippen molar-refractivity contribution in [1.82, 2.24) is 14.5 Å². The minimum Gasteiger partial charge on any atom is -0.388 e. The number of likely N-dealkylation sites (N-methyl/N-ethyl adjacent to an activating group) is 2. The average molecular weight is 312 g/mol. The van der Waals surface area contributed by atoms with Gasteiger partial charge < -0.3 is 10.2 Å². The monoisotopic (exact) mass is 312 g/mol. The summed E-state index contributed by atoms with van der Waals surface area (Å²) in [4.78, 5) is 4.72. The molecule has 7 heteroatoms. The van der Waals surface area contributed by atoms with E-state index in [4.69, 9.17) is 0 Å². The SMILES string of the molecule is CNc1ccc(S(=O)(=O)NCC2CN(C)CCN2C)cc1. The minimum absolute atomic E-state index is 0.204. The molecule has 0 aromatic heterocycles. The first-order chi connectivity index (χ1) is 9.92. The molecule has 21 heavy (non-hydrogen) atoms. The molecule has 1 unspecified atom stereocenters. The van der Waals surface area contributed by atoms with Crippen molar-refractivity contribution in [3.63, 3.8) is 0 Å². The predicted molar refractivity (Wildman–Crippen MR) is 85.1 cm³/mol. The van der Waals surface area contributed by atoms with Crippen LogP contribution < -0.4 is 10.0 Å².